The fourth-order valence-electron chi connectivity index (χ4n) is 4.67. The first-order chi connectivity index (χ1) is 19.4. The number of benzene rings is 2. The number of nitrogen functional groups attached to an aromatic ring is 1. The van der Waals surface area contributed by atoms with E-state index < -0.39 is 18.1 Å². The Kier molecular flexibility index (Phi) is 10.8. The van der Waals surface area contributed by atoms with Gasteiger partial charge >= 0.3 is 18.1 Å². The second kappa shape index (κ2) is 14.1. The van der Waals surface area contributed by atoms with Crippen LogP contribution in [0, 0.1) is 11.3 Å². The van der Waals surface area contributed by atoms with E-state index >= 15 is 0 Å². The highest BCUT2D eigenvalue weighted by Crippen LogP contribution is 2.34. The number of hydrogen-bond acceptors (Lipinski definition) is 7. The molecule has 1 heterocycles. The van der Waals surface area contributed by atoms with Crippen LogP contribution in [0.5, 0.6) is 0 Å². The molecule has 2 aromatic carbocycles. The number of ether oxygens (including phenoxy) is 1. The zero-order valence-electron chi connectivity index (χ0n) is 22.2. The summed E-state index contributed by atoms with van der Waals surface area (Å²) in [6.45, 7) is 0. The Hall–Kier alpha value is -3.97. The highest BCUT2D eigenvalue weighted by Gasteiger charge is 2.38. The molecule has 1 aromatic heterocycles. The number of fused-ring (bicyclic) bond motifs is 1. The number of alkyl halides is 3. The molecule has 1 aliphatic rings. The third kappa shape index (κ3) is 8.51. The van der Waals surface area contributed by atoms with E-state index in [1.807, 2.05) is 53.9 Å². The van der Waals surface area contributed by atoms with Crippen LogP contribution in [0.25, 0.3) is 10.1 Å². The molecule has 3 aromatic rings. The number of carboxylic acid groups (broad SMARTS) is 1. The smallest absolute Gasteiger partial charge is 0.475 e. The van der Waals surface area contributed by atoms with Crippen LogP contribution >= 0.6 is 11.3 Å². The molecule has 6 N–H and O–H groups in total. The van der Waals surface area contributed by atoms with Crippen LogP contribution in [0.15, 0.2) is 53.9 Å². The zero-order valence-corrected chi connectivity index (χ0v) is 23.0. The van der Waals surface area contributed by atoms with Crippen molar-refractivity contribution in [3.8, 4) is 0 Å². The maximum atomic E-state index is 13.5. The first kappa shape index (κ1) is 31.6. The molecular formula is C28H31F3N4O5S. The van der Waals surface area contributed by atoms with Crippen molar-refractivity contribution in [1.29, 1.82) is 5.41 Å². The van der Waals surface area contributed by atoms with Crippen molar-refractivity contribution in [3.05, 3.63) is 70.6 Å². The maximum absolute atomic E-state index is 13.5. The molecule has 1 fully saturated rings. The number of aliphatic carboxylic acids is 1. The van der Waals surface area contributed by atoms with Gasteiger partial charge in [0.2, 0.25) is 5.91 Å². The second-order valence-electron chi connectivity index (χ2n) is 9.52. The van der Waals surface area contributed by atoms with Crippen LogP contribution in [0.4, 0.5) is 13.2 Å². The Balaban J connectivity index is 0.000000587. The molecule has 4 rings (SSSR count). The van der Waals surface area contributed by atoms with Crippen molar-refractivity contribution < 1.29 is 37.4 Å². The molecule has 41 heavy (non-hydrogen) atoms. The molecule has 1 saturated carbocycles. The van der Waals surface area contributed by atoms with Gasteiger partial charge in [-0.2, -0.15) is 13.2 Å². The van der Waals surface area contributed by atoms with Gasteiger partial charge in [-0.3, -0.25) is 20.4 Å². The van der Waals surface area contributed by atoms with Gasteiger partial charge in [0.1, 0.15) is 5.84 Å². The number of carboxylic acids is 1. The molecule has 0 aliphatic heterocycles. The van der Waals surface area contributed by atoms with E-state index in [4.69, 9.17) is 25.8 Å². The summed E-state index contributed by atoms with van der Waals surface area (Å²) in [5, 5.41) is 17.9. The number of amides is 1. The van der Waals surface area contributed by atoms with Crippen molar-refractivity contribution in [2.75, 3.05) is 7.11 Å². The Labute approximate surface area is 238 Å². The van der Waals surface area contributed by atoms with E-state index in [-0.39, 0.29) is 29.7 Å². The third-order valence-electron chi connectivity index (χ3n) is 6.78. The molecule has 0 spiro atoms. The van der Waals surface area contributed by atoms with Crippen molar-refractivity contribution >= 4 is 45.1 Å². The molecule has 13 heteroatoms. The summed E-state index contributed by atoms with van der Waals surface area (Å²) in [5.74, 6) is -3.89. The van der Waals surface area contributed by atoms with E-state index in [1.54, 1.807) is 11.3 Å². The highest BCUT2D eigenvalue weighted by molar-refractivity contribution is 7.17. The first-order valence-electron chi connectivity index (χ1n) is 12.7. The quantitative estimate of drug-likeness (QED) is 0.112. The van der Waals surface area contributed by atoms with Crippen LogP contribution in [-0.4, -0.2) is 48.1 Å². The molecule has 0 saturated heterocycles. The lowest BCUT2D eigenvalue weighted by molar-refractivity contribution is -0.192. The maximum Gasteiger partial charge on any atom is 0.490 e. The fraction of sp³-hybridized carbons (Fsp3) is 0.357. The standard InChI is InChI=1S/C26H30N4O3S.C2HF3O2/c1-33-26(32)18-9-5-6-10-22(18)29-30-25(31)20(13-16-7-3-2-4-8-16)21-15-34-23-12-11-17(24(27)28)14-19(21)23;3-2(4,5)1(6)7/h2-4,7-8,11-12,14-15,18,20,22,29H,5-6,9-10,13H2,1H3,(H3,27,28)(H,30,31);(H,6,7)/t18-,20+,22+;/m0./s1. The summed E-state index contributed by atoms with van der Waals surface area (Å²) in [6, 6.07) is 15.4. The van der Waals surface area contributed by atoms with E-state index in [9.17, 15) is 22.8 Å². The molecule has 1 aliphatic carbocycles. The number of halogens is 3. The van der Waals surface area contributed by atoms with Gasteiger partial charge in [-0.1, -0.05) is 43.2 Å². The predicted molar refractivity (Wildman–Crippen MR) is 148 cm³/mol. The Bertz CT molecular complexity index is 1380. The monoisotopic (exact) mass is 592 g/mol. The van der Waals surface area contributed by atoms with Crippen LogP contribution in [0.2, 0.25) is 0 Å². The molecule has 9 nitrogen and oxygen atoms in total. The molecule has 1 amide bonds. The second-order valence-corrected chi connectivity index (χ2v) is 10.4. The average molecular weight is 593 g/mol. The van der Waals surface area contributed by atoms with Crippen molar-refractivity contribution in [3.63, 3.8) is 0 Å². The van der Waals surface area contributed by atoms with Crippen molar-refractivity contribution in [2.45, 2.75) is 50.2 Å². The fourth-order valence-corrected chi connectivity index (χ4v) is 5.66. The highest BCUT2D eigenvalue weighted by atomic mass is 32.1. The predicted octanol–water partition coefficient (Wildman–Crippen LogP) is 4.50. The molecule has 220 valence electrons. The number of methoxy groups -OCH3 is 1. The summed E-state index contributed by atoms with van der Waals surface area (Å²) < 4.78 is 37.7. The van der Waals surface area contributed by atoms with Gasteiger partial charge in [-0.05, 0) is 59.4 Å². The molecule has 0 radical (unpaired) electrons. The number of hydrogen-bond donors (Lipinski definition) is 5. The number of esters is 1. The minimum absolute atomic E-state index is 0.00377. The molecule has 3 atom stereocenters. The number of carbonyl (C=O) groups is 3. The minimum Gasteiger partial charge on any atom is -0.475 e. The summed E-state index contributed by atoms with van der Waals surface area (Å²) in [5.41, 5.74) is 14.4. The number of carbonyl (C=O) groups excluding carboxylic acids is 2. The number of rotatable bonds is 8. The molecule has 0 unspecified atom stereocenters. The molecule has 0 bridgehead atoms. The van der Waals surface area contributed by atoms with Crippen LogP contribution in [0.1, 0.15) is 48.3 Å². The van der Waals surface area contributed by atoms with Gasteiger partial charge in [-0.25, -0.2) is 10.2 Å². The zero-order chi connectivity index (χ0) is 30.2. The van der Waals surface area contributed by atoms with Gasteiger partial charge in [0.15, 0.2) is 0 Å². The minimum atomic E-state index is -5.08. The van der Waals surface area contributed by atoms with Crippen LogP contribution < -0.4 is 16.6 Å². The lowest BCUT2D eigenvalue weighted by Crippen LogP contribution is -2.52. The SMILES string of the molecule is COC(=O)[C@H]1CCCC[C@H]1NNC(=O)[C@H](Cc1ccccc1)c1csc2ccc(C(=N)N)cc12.O=C(O)C(F)(F)F. The third-order valence-corrected chi connectivity index (χ3v) is 7.76. The summed E-state index contributed by atoms with van der Waals surface area (Å²) in [4.78, 5) is 34.7. The van der Waals surface area contributed by atoms with Crippen LogP contribution in [0.3, 0.4) is 0 Å². The number of nitrogens with one attached hydrogen (secondary N) is 3. The lowest BCUT2D eigenvalue weighted by atomic mass is 9.85. The summed E-state index contributed by atoms with van der Waals surface area (Å²) >= 11 is 1.57. The number of amidine groups is 1. The topological polar surface area (TPSA) is 155 Å². The van der Waals surface area contributed by atoms with E-state index in [0.717, 1.165) is 46.9 Å². The van der Waals surface area contributed by atoms with E-state index in [2.05, 4.69) is 10.9 Å². The first-order valence-corrected chi connectivity index (χ1v) is 13.6. The Morgan fingerprint density at radius 2 is 1.80 bits per heavy atom. The van der Waals surface area contributed by atoms with Gasteiger partial charge in [0, 0.05) is 16.3 Å². The largest absolute Gasteiger partial charge is 0.490 e. The number of hydrazine groups is 1. The van der Waals surface area contributed by atoms with Gasteiger partial charge in [0.05, 0.1) is 18.9 Å². The van der Waals surface area contributed by atoms with E-state index in [0.29, 0.717) is 12.0 Å². The number of thiophene rings is 1. The van der Waals surface area contributed by atoms with Gasteiger partial charge in [-0.15, -0.1) is 11.3 Å². The Morgan fingerprint density at radius 1 is 1.15 bits per heavy atom. The summed E-state index contributed by atoms with van der Waals surface area (Å²) in [6.07, 6.45) is -1.04. The van der Waals surface area contributed by atoms with Crippen molar-refractivity contribution in [2.24, 2.45) is 11.7 Å². The van der Waals surface area contributed by atoms with Gasteiger partial charge < -0.3 is 15.6 Å². The van der Waals surface area contributed by atoms with Crippen molar-refractivity contribution in [1.82, 2.24) is 10.9 Å². The molecular weight excluding hydrogens is 561 g/mol. The lowest BCUT2D eigenvalue weighted by Gasteiger charge is -2.31. The van der Waals surface area contributed by atoms with Gasteiger partial charge in [0.25, 0.3) is 0 Å². The normalized spacial score (nSPS) is 17.6. The Morgan fingerprint density at radius 3 is 2.41 bits per heavy atom. The van der Waals surface area contributed by atoms with E-state index in [1.165, 1.54) is 7.11 Å². The average Bonchev–Trinajstić information content (AvgIpc) is 3.37. The number of nitrogens with two attached hydrogens (primary N) is 1. The van der Waals surface area contributed by atoms with Crippen LogP contribution in [-0.2, 0) is 25.5 Å². The summed E-state index contributed by atoms with van der Waals surface area (Å²) in [7, 11) is 1.40.